The second-order valence-corrected chi connectivity index (χ2v) is 4.90. The van der Waals surface area contributed by atoms with Crippen molar-refractivity contribution in [3.8, 4) is 0 Å². The SMILES string of the molecule is CC(C)(C)OC(=O)NCC1NCCC1(F)F. The number of hydrogen-bond acceptors (Lipinski definition) is 3. The Balaban J connectivity index is 2.32. The van der Waals surface area contributed by atoms with Gasteiger partial charge in [0.25, 0.3) is 5.92 Å². The van der Waals surface area contributed by atoms with Gasteiger partial charge in [-0.1, -0.05) is 0 Å². The van der Waals surface area contributed by atoms with Crippen LogP contribution in [-0.2, 0) is 4.74 Å². The fourth-order valence-electron chi connectivity index (χ4n) is 1.46. The van der Waals surface area contributed by atoms with Crippen LogP contribution >= 0.6 is 0 Å². The van der Waals surface area contributed by atoms with Crippen molar-refractivity contribution in [3.05, 3.63) is 0 Å². The van der Waals surface area contributed by atoms with Crippen molar-refractivity contribution in [2.75, 3.05) is 13.1 Å². The molecule has 16 heavy (non-hydrogen) atoms. The van der Waals surface area contributed by atoms with Crippen molar-refractivity contribution < 1.29 is 18.3 Å². The average molecular weight is 236 g/mol. The lowest BCUT2D eigenvalue weighted by molar-refractivity contribution is -0.0113. The summed E-state index contributed by atoms with van der Waals surface area (Å²) in [6.07, 6.45) is -0.856. The van der Waals surface area contributed by atoms with Gasteiger partial charge >= 0.3 is 6.09 Å². The third-order valence-corrected chi connectivity index (χ3v) is 2.21. The minimum Gasteiger partial charge on any atom is -0.444 e. The van der Waals surface area contributed by atoms with Crippen LogP contribution in [0.25, 0.3) is 0 Å². The molecule has 6 heteroatoms. The number of alkyl halides is 2. The second-order valence-electron chi connectivity index (χ2n) is 4.90. The van der Waals surface area contributed by atoms with Crippen molar-refractivity contribution in [3.63, 3.8) is 0 Å². The Bertz CT molecular complexity index is 264. The van der Waals surface area contributed by atoms with E-state index in [4.69, 9.17) is 4.74 Å². The molecule has 4 nitrogen and oxygen atoms in total. The highest BCUT2D eigenvalue weighted by Crippen LogP contribution is 2.26. The van der Waals surface area contributed by atoms with Crippen LogP contribution < -0.4 is 10.6 Å². The summed E-state index contributed by atoms with van der Waals surface area (Å²) in [6.45, 7) is 5.30. The Hall–Kier alpha value is -0.910. The van der Waals surface area contributed by atoms with Gasteiger partial charge in [0.2, 0.25) is 0 Å². The third kappa shape index (κ3) is 3.92. The second kappa shape index (κ2) is 4.53. The molecular formula is C10H18F2N2O2. The fraction of sp³-hybridized carbons (Fsp3) is 0.900. The number of halogens is 2. The summed E-state index contributed by atoms with van der Waals surface area (Å²) >= 11 is 0. The van der Waals surface area contributed by atoms with Gasteiger partial charge in [-0.05, 0) is 20.8 Å². The van der Waals surface area contributed by atoms with Gasteiger partial charge in [-0.3, -0.25) is 0 Å². The lowest BCUT2D eigenvalue weighted by atomic mass is 10.1. The normalized spacial score (nSPS) is 24.2. The highest BCUT2D eigenvalue weighted by atomic mass is 19.3. The molecule has 1 rings (SSSR count). The lowest BCUT2D eigenvalue weighted by Gasteiger charge is -2.22. The van der Waals surface area contributed by atoms with E-state index in [2.05, 4.69) is 10.6 Å². The Morgan fingerprint density at radius 2 is 2.19 bits per heavy atom. The molecular weight excluding hydrogens is 218 g/mol. The molecule has 1 unspecified atom stereocenters. The van der Waals surface area contributed by atoms with E-state index < -0.39 is 23.7 Å². The van der Waals surface area contributed by atoms with Crippen LogP contribution in [0.2, 0.25) is 0 Å². The predicted octanol–water partition coefficient (Wildman–Crippen LogP) is 1.51. The van der Waals surface area contributed by atoms with E-state index in [0.717, 1.165) is 0 Å². The Morgan fingerprint density at radius 1 is 1.56 bits per heavy atom. The first-order valence-electron chi connectivity index (χ1n) is 5.29. The number of ether oxygens (including phenoxy) is 1. The van der Waals surface area contributed by atoms with E-state index in [0.29, 0.717) is 0 Å². The van der Waals surface area contributed by atoms with E-state index in [1.165, 1.54) is 0 Å². The summed E-state index contributed by atoms with van der Waals surface area (Å²) in [6, 6.07) is -1.000. The van der Waals surface area contributed by atoms with Gasteiger partial charge < -0.3 is 15.4 Å². The largest absolute Gasteiger partial charge is 0.444 e. The number of carbonyl (C=O) groups is 1. The van der Waals surface area contributed by atoms with E-state index >= 15 is 0 Å². The number of amides is 1. The maximum absolute atomic E-state index is 13.1. The third-order valence-electron chi connectivity index (χ3n) is 2.21. The highest BCUT2D eigenvalue weighted by molar-refractivity contribution is 5.67. The quantitative estimate of drug-likeness (QED) is 0.764. The standard InChI is InChI=1S/C10H18F2N2O2/c1-9(2,3)16-8(15)14-6-7-10(11,12)4-5-13-7/h7,13H,4-6H2,1-3H3,(H,14,15). The van der Waals surface area contributed by atoms with Crippen molar-refractivity contribution in [1.29, 1.82) is 0 Å². The summed E-state index contributed by atoms with van der Waals surface area (Å²) in [5, 5.41) is 4.98. The Kier molecular flexibility index (Phi) is 3.72. The van der Waals surface area contributed by atoms with Crippen LogP contribution in [0, 0.1) is 0 Å². The molecule has 1 saturated heterocycles. The average Bonchev–Trinajstić information content (AvgIpc) is 2.38. The molecule has 0 spiro atoms. The van der Waals surface area contributed by atoms with Crippen molar-refractivity contribution in [2.45, 2.75) is 44.8 Å². The summed E-state index contributed by atoms with van der Waals surface area (Å²) in [7, 11) is 0. The summed E-state index contributed by atoms with van der Waals surface area (Å²) in [4.78, 5) is 11.2. The highest BCUT2D eigenvalue weighted by Gasteiger charge is 2.43. The van der Waals surface area contributed by atoms with E-state index in [-0.39, 0.29) is 19.5 Å². The van der Waals surface area contributed by atoms with Gasteiger partial charge in [0, 0.05) is 19.5 Å². The maximum atomic E-state index is 13.1. The van der Waals surface area contributed by atoms with Gasteiger partial charge in [-0.2, -0.15) is 0 Å². The monoisotopic (exact) mass is 236 g/mol. The summed E-state index contributed by atoms with van der Waals surface area (Å²) < 4.78 is 31.2. The van der Waals surface area contributed by atoms with Gasteiger partial charge in [0.05, 0.1) is 6.04 Å². The van der Waals surface area contributed by atoms with Crippen LogP contribution in [0.1, 0.15) is 27.2 Å². The molecule has 1 aliphatic rings. The molecule has 1 aliphatic heterocycles. The minimum atomic E-state index is -2.75. The smallest absolute Gasteiger partial charge is 0.407 e. The van der Waals surface area contributed by atoms with Gasteiger partial charge in [-0.15, -0.1) is 0 Å². The van der Waals surface area contributed by atoms with Gasteiger partial charge in [0.1, 0.15) is 5.60 Å². The van der Waals surface area contributed by atoms with Crippen molar-refractivity contribution in [2.24, 2.45) is 0 Å². The molecule has 0 aromatic rings. The molecule has 2 N–H and O–H groups in total. The van der Waals surface area contributed by atoms with E-state index in [1.54, 1.807) is 20.8 Å². The molecule has 0 aromatic carbocycles. The van der Waals surface area contributed by atoms with Crippen molar-refractivity contribution in [1.82, 2.24) is 10.6 Å². The van der Waals surface area contributed by atoms with Crippen molar-refractivity contribution >= 4 is 6.09 Å². The van der Waals surface area contributed by atoms with Crippen LogP contribution in [0.3, 0.4) is 0 Å². The molecule has 0 aliphatic carbocycles. The number of rotatable bonds is 2. The number of hydrogen-bond donors (Lipinski definition) is 2. The number of carbonyl (C=O) groups excluding carboxylic acids is 1. The Labute approximate surface area is 93.7 Å². The first kappa shape index (κ1) is 13.2. The molecule has 0 saturated carbocycles. The maximum Gasteiger partial charge on any atom is 0.407 e. The summed E-state index contributed by atoms with van der Waals surface area (Å²) in [5.41, 5.74) is -0.615. The topological polar surface area (TPSA) is 50.4 Å². The van der Waals surface area contributed by atoms with Gasteiger partial charge in [-0.25, -0.2) is 13.6 Å². The fourth-order valence-corrected chi connectivity index (χ4v) is 1.46. The molecule has 1 fully saturated rings. The predicted molar refractivity (Wildman–Crippen MR) is 55.6 cm³/mol. The zero-order chi connectivity index (χ0) is 12.4. The molecule has 1 amide bonds. The molecule has 1 heterocycles. The first-order valence-corrected chi connectivity index (χ1v) is 5.29. The van der Waals surface area contributed by atoms with Crippen LogP contribution in [0.4, 0.5) is 13.6 Å². The van der Waals surface area contributed by atoms with Gasteiger partial charge in [0.15, 0.2) is 0 Å². The first-order chi connectivity index (χ1) is 7.21. The number of nitrogens with one attached hydrogen (secondary N) is 2. The molecule has 0 aromatic heterocycles. The number of alkyl carbamates (subject to hydrolysis) is 1. The zero-order valence-electron chi connectivity index (χ0n) is 9.77. The molecule has 1 atom stereocenters. The van der Waals surface area contributed by atoms with Crippen LogP contribution in [-0.4, -0.2) is 36.7 Å². The summed E-state index contributed by atoms with van der Waals surface area (Å²) in [5.74, 6) is -2.75. The molecule has 0 radical (unpaired) electrons. The minimum absolute atomic E-state index is 0.123. The van der Waals surface area contributed by atoms with E-state index in [9.17, 15) is 13.6 Å². The van der Waals surface area contributed by atoms with E-state index in [1.807, 2.05) is 0 Å². The molecule has 94 valence electrons. The Morgan fingerprint density at radius 3 is 2.62 bits per heavy atom. The van der Waals surface area contributed by atoms with Crippen LogP contribution in [0.15, 0.2) is 0 Å². The molecule has 0 bridgehead atoms. The zero-order valence-corrected chi connectivity index (χ0v) is 9.77. The van der Waals surface area contributed by atoms with Crippen LogP contribution in [0.5, 0.6) is 0 Å². The lowest BCUT2D eigenvalue weighted by Crippen LogP contribution is -2.46.